The summed E-state index contributed by atoms with van der Waals surface area (Å²) in [5.74, 6) is 1.70. The van der Waals surface area contributed by atoms with Gasteiger partial charge in [0.1, 0.15) is 17.1 Å². The predicted octanol–water partition coefficient (Wildman–Crippen LogP) is 7.08. The lowest BCUT2D eigenvalue weighted by molar-refractivity contribution is 0.103. The van der Waals surface area contributed by atoms with Gasteiger partial charge in [0, 0.05) is 23.9 Å². The number of ether oxygens (including phenoxy) is 1. The summed E-state index contributed by atoms with van der Waals surface area (Å²) in [5, 5.41) is 0.899. The molecular formula is C26H29I2NO3. The molecule has 6 heteroatoms. The Balaban J connectivity index is 1.53. The number of fused-ring (bicyclic) bond motifs is 1. The van der Waals surface area contributed by atoms with Gasteiger partial charge >= 0.3 is 0 Å². The lowest BCUT2D eigenvalue weighted by Crippen LogP contribution is -2.22. The Hall–Kier alpha value is -1.13. The number of ketones is 1. The first-order valence-electron chi connectivity index (χ1n) is 11.5. The highest BCUT2D eigenvalue weighted by Crippen LogP contribution is 2.33. The van der Waals surface area contributed by atoms with Crippen molar-refractivity contribution >= 4 is 61.9 Å². The molecule has 170 valence electrons. The molecule has 0 aliphatic carbocycles. The molecule has 1 aliphatic rings. The van der Waals surface area contributed by atoms with Gasteiger partial charge in [-0.05, 0) is 102 Å². The lowest BCUT2D eigenvalue weighted by atomic mass is 9.98. The predicted molar refractivity (Wildman–Crippen MR) is 146 cm³/mol. The number of carbonyl (C=O) groups is 1. The van der Waals surface area contributed by atoms with Crippen molar-refractivity contribution in [2.45, 2.75) is 45.4 Å². The third-order valence-corrected chi connectivity index (χ3v) is 7.58. The van der Waals surface area contributed by atoms with Crippen molar-refractivity contribution in [3.8, 4) is 5.75 Å². The van der Waals surface area contributed by atoms with Gasteiger partial charge < -0.3 is 14.1 Å². The van der Waals surface area contributed by atoms with Crippen molar-refractivity contribution < 1.29 is 13.9 Å². The minimum atomic E-state index is 0.0254. The molecule has 0 N–H and O–H groups in total. The van der Waals surface area contributed by atoms with Gasteiger partial charge in [-0.2, -0.15) is 0 Å². The van der Waals surface area contributed by atoms with Crippen molar-refractivity contribution in [1.29, 1.82) is 0 Å². The van der Waals surface area contributed by atoms with Crippen molar-refractivity contribution in [2.24, 2.45) is 0 Å². The zero-order valence-electron chi connectivity index (χ0n) is 18.5. The van der Waals surface area contributed by atoms with Crippen LogP contribution in [0.5, 0.6) is 5.75 Å². The smallest absolute Gasteiger partial charge is 0.197 e. The molecular weight excluding hydrogens is 628 g/mol. The average Bonchev–Trinajstić information content (AvgIpc) is 3.43. The van der Waals surface area contributed by atoms with E-state index in [0.717, 1.165) is 61.8 Å². The van der Waals surface area contributed by atoms with Crippen LogP contribution in [0.25, 0.3) is 11.0 Å². The van der Waals surface area contributed by atoms with E-state index < -0.39 is 0 Å². The minimum absolute atomic E-state index is 0.0254. The lowest BCUT2D eigenvalue weighted by Gasteiger charge is -2.16. The summed E-state index contributed by atoms with van der Waals surface area (Å²) in [6.45, 7) is 6.38. The minimum Gasteiger partial charge on any atom is -0.491 e. The summed E-state index contributed by atoms with van der Waals surface area (Å²) in [6, 6.07) is 11.7. The summed E-state index contributed by atoms with van der Waals surface area (Å²) in [5.41, 5.74) is 2.18. The van der Waals surface area contributed by atoms with Crippen LogP contribution in [0.4, 0.5) is 0 Å². The highest BCUT2D eigenvalue weighted by Gasteiger charge is 2.23. The molecule has 1 aliphatic heterocycles. The maximum atomic E-state index is 13.6. The van der Waals surface area contributed by atoms with Crippen molar-refractivity contribution in [3.05, 3.63) is 60.4 Å². The molecule has 32 heavy (non-hydrogen) atoms. The van der Waals surface area contributed by atoms with E-state index >= 15 is 0 Å². The highest BCUT2D eigenvalue weighted by molar-refractivity contribution is 14.1. The number of unbranched alkanes of at least 4 members (excludes halogenated alkanes) is 1. The molecule has 0 radical (unpaired) electrons. The van der Waals surface area contributed by atoms with Gasteiger partial charge in [-0.15, -0.1) is 0 Å². The Labute approximate surface area is 217 Å². The van der Waals surface area contributed by atoms with E-state index in [-0.39, 0.29) is 5.78 Å². The van der Waals surface area contributed by atoms with Crippen molar-refractivity contribution in [2.75, 3.05) is 26.2 Å². The average molecular weight is 657 g/mol. The summed E-state index contributed by atoms with van der Waals surface area (Å²) >= 11 is 4.57. The third-order valence-electron chi connectivity index (χ3n) is 5.98. The second-order valence-corrected chi connectivity index (χ2v) is 10.7. The molecule has 4 nitrogen and oxygen atoms in total. The van der Waals surface area contributed by atoms with Gasteiger partial charge in [0.2, 0.25) is 0 Å². The Morgan fingerprint density at radius 3 is 2.53 bits per heavy atom. The van der Waals surface area contributed by atoms with Gasteiger partial charge in [0.15, 0.2) is 5.78 Å². The molecule has 1 saturated heterocycles. The van der Waals surface area contributed by atoms with Crippen molar-refractivity contribution in [1.82, 2.24) is 4.90 Å². The van der Waals surface area contributed by atoms with Gasteiger partial charge in [0.05, 0.1) is 19.3 Å². The van der Waals surface area contributed by atoms with E-state index in [2.05, 4.69) is 57.0 Å². The third kappa shape index (κ3) is 5.50. The fraction of sp³-hybridized carbons (Fsp3) is 0.423. The number of nitrogens with zero attached hydrogens (tertiary/aromatic N) is 1. The van der Waals surface area contributed by atoms with E-state index in [0.29, 0.717) is 17.7 Å². The van der Waals surface area contributed by atoms with Crippen LogP contribution in [0.15, 0.2) is 40.8 Å². The topological polar surface area (TPSA) is 42.7 Å². The van der Waals surface area contributed by atoms with Crippen LogP contribution in [0, 0.1) is 7.14 Å². The van der Waals surface area contributed by atoms with Gasteiger partial charge in [-0.1, -0.05) is 31.5 Å². The number of hydrogen-bond donors (Lipinski definition) is 0. The quantitative estimate of drug-likeness (QED) is 0.133. The summed E-state index contributed by atoms with van der Waals surface area (Å²) in [4.78, 5) is 16.1. The number of furan rings is 1. The zero-order valence-corrected chi connectivity index (χ0v) is 22.8. The zero-order chi connectivity index (χ0) is 22.5. The summed E-state index contributed by atoms with van der Waals surface area (Å²) in [6.07, 6.45) is 6.49. The molecule has 0 saturated carbocycles. The van der Waals surface area contributed by atoms with E-state index in [1.165, 1.54) is 25.9 Å². The summed E-state index contributed by atoms with van der Waals surface area (Å²) in [7, 11) is 0. The number of rotatable bonds is 10. The number of halogens is 2. The van der Waals surface area contributed by atoms with Gasteiger partial charge in [0.25, 0.3) is 0 Å². The molecule has 0 unspecified atom stereocenters. The molecule has 0 atom stereocenters. The first-order valence-corrected chi connectivity index (χ1v) is 13.6. The van der Waals surface area contributed by atoms with Crippen LogP contribution in [0.1, 0.15) is 60.7 Å². The molecule has 2 aromatic carbocycles. The normalized spacial score (nSPS) is 14.3. The number of benzene rings is 2. The maximum Gasteiger partial charge on any atom is 0.197 e. The second-order valence-electron chi connectivity index (χ2n) is 8.35. The Bertz CT molecular complexity index is 1060. The van der Waals surface area contributed by atoms with E-state index in [4.69, 9.17) is 9.15 Å². The number of para-hydroxylation sites is 1. The standard InChI is InChI=1S/C26H29I2NO3/c1-2-3-10-23-24(19-9-4-5-11-22(19)32-23)25(30)18-16-20(27)26(21(28)17-18)31-15-8-14-29-12-6-7-13-29/h4-5,9,11,16-17H,2-3,6-8,10,12-15H2,1H3. The molecule has 1 aromatic heterocycles. The molecule has 0 amide bonds. The Kier molecular flexibility index (Phi) is 8.50. The second kappa shape index (κ2) is 11.3. The first kappa shape index (κ1) is 24.0. The van der Waals surface area contributed by atoms with Crippen LogP contribution in [0.2, 0.25) is 0 Å². The van der Waals surface area contributed by atoms with E-state index in [1.54, 1.807) is 0 Å². The van der Waals surface area contributed by atoms with Crippen LogP contribution < -0.4 is 4.74 Å². The molecule has 0 bridgehead atoms. The molecule has 0 spiro atoms. The number of carbonyl (C=O) groups excluding carboxylic acids is 1. The largest absolute Gasteiger partial charge is 0.491 e. The molecule has 4 rings (SSSR count). The molecule has 3 aromatic rings. The van der Waals surface area contributed by atoms with Crippen molar-refractivity contribution in [3.63, 3.8) is 0 Å². The van der Waals surface area contributed by atoms with E-state index in [9.17, 15) is 4.79 Å². The van der Waals surface area contributed by atoms with Crippen LogP contribution in [-0.4, -0.2) is 36.9 Å². The molecule has 1 fully saturated rings. The Morgan fingerprint density at radius 1 is 1.09 bits per heavy atom. The van der Waals surface area contributed by atoms with Crippen LogP contribution >= 0.6 is 45.2 Å². The van der Waals surface area contributed by atoms with Gasteiger partial charge in [-0.25, -0.2) is 0 Å². The maximum absolute atomic E-state index is 13.6. The van der Waals surface area contributed by atoms with Crippen LogP contribution in [-0.2, 0) is 6.42 Å². The number of aryl methyl sites for hydroxylation is 1. The summed E-state index contributed by atoms with van der Waals surface area (Å²) < 4.78 is 14.2. The fourth-order valence-corrected chi connectivity index (χ4v) is 6.38. The number of hydrogen-bond acceptors (Lipinski definition) is 4. The monoisotopic (exact) mass is 657 g/mol. The van der Waals surface area contributed by atoms with Crippen LogP contribution in [0.3, 0.4) is 0 Å². The molecule has 2 heterocycles. The Morgan fingerprint density at radius 2 is 1.81 bits per heavy atom. The first-order chi connectivity index (χ1) is 15.6. The highest BCUT2D eigenvalue weighted by atomic mass is 127. The number of likely N-dealkylation sites (tertiary alicyclic amines) is 1. The SMILES string of the molecule is CCCCc1oc2ccccc2c1C(=O)c1cc(I)c(OCCCN2CCCC2)c(I)c1. The fourth-order valence-electron chi connectivity index (χ4n) is 4.30. The van der Waals surface area contributed by atoms with E-state index in [1.807, 2.05) is 36.4 Å². The van der Waals surface area contributed by atoms with Gasteiger partial charge in [-0.3, -0.25) is 4.79 Å².